The molecule has 2 aromatic carbocycles. The molecule has 0 bridgehead atoms. The van der Waals surface area contributed by atoms with Gasteiger partial charge < -0.3 is 14.6 Å². The van der Waals surface area contributed by atoms with Crippen LogP contribution >= 0.6 is 0 Å². The van der Waals surface area contributed by atoms with Gasteiger partial charge in [0.25, 0.3) is 11.5 Å². The largest absolute Gasteiger partial charge is 0.497 e. The van der Waals surface area contributed by atoms with Gasteiger partial charge in [0.2, 0.25) is 0 Å². The first-order valence-corrected chi connectivity index (χ1v) is 9.53. The van der Waals surface area contributed by atoms with Crippen molar-refractivity contribution in [3.8, 4) is 5.75 Å². The number of H-pyrrole nitrogens is 1. The van der Waals surface area contributed by atoms with Gasteiger partial charge in [-0.3, -0.25) is 14.6 Å². The number of aromatic nitrogens is 2. The Morgan fingerprint density at radius 2 is 1.87 bits per heavy atom. The summed E-state index contributed by atoms with van der Waals surface area (Å²) in [5.41, 5.74) is 3.23. The van der Waals surface area contributed by atoms with Crippen LogP contribution in [-0.2, 0) is 6.54 Å². The molecule has 0 aliphatic carbocycles. The summed E-state index contributed by atoms with van der Waals surface area (Å²) in [6, 6.07) is 18.3. The highest BCUT2D eigenvalue weighted by Gasteiger charge is 2.20. The molecule has 150 valence electrons. The number of nitrogens with zero attached hydrogens (tertiary/aromatic N) is 2. The first-order valence-electron chi connectivity index (χ1n) is 9.53. The van der Waals surface area contributed by atoms with Crippen LogP contribution in [0.5, 0.6) is 5.75 Å². The van der Waals surface area contributed by atoms with Gasteiger partial charge in [0.05, 0.1) is 13.7 Å². The molecule has 4 aromatic rings. The van der Waals surface area contributed by atoms with E-state index in [1.807, 2.05) is 37.3 Å². The fourth-order valence-electron chi connectivity index (χ4n) is 3.37. The van der Waals surface area contributed by atoms with Crippen LogP contribution < -0.4 is 15.2 Å². The van der Waals surface area contributed by atoms with Crippen molar-refractivity contribution in [2.45, 2.75) is 13.5 Å². The Bertz CT molecular complexity index is 1270. The summed E-state index contributed by atoms with van der Waals surface area (Å²) in [6.07, 6.45) is 3.16. The van der Waals surface area contributed by atoms with Crippen molar-refractivity contribution in [3.63, 3.8) is 0 Å². The molecule has 0 radical (unpaired) electrons. The number of benzene rings is 2. The van der Waals surface area contributed by atoms with Crippen LogP contribution in [0.4, 0.5) is 5.69 Å². The second-order valence-electron chi connectivity index (χ2n) is 7.04. The van der Waals surface area contributed by atoms with Crippen molar-refractivity contribution in [1.29, 1.82) is 0 Å². The minimum absolute atomic E-state index is 0.132. The standard InChI is InChI=1S/C24H21N3O3/c1-16-4-3-5-20(12-16)27(24(29)17-8-10-25-11-9-17)15-19-13-18-14-21(30-2)6-7-22(18)26-23(19)28/h3-14H,15H2,1-2H3,(H,26,28). The predicted molar refractivity (Wildman–Crippen MR) is 117 cm³/mol. The molecule has 0 aliphatic rings. The van der Waals surface area contributed by atoms with Crippen molar-refractivity contribution in [3.05, 3.63) is 100 Å². The maximum Gasteiger partial charge on any atom is 0.258 e. The number of rotatable bonds is 5. The first kappa shape index (κ1) is 19.4. The maximum atomic E-state index is 13.3. The molecule has 6 heteroatoms. The number of carbonyl (C=O) groups excluding carboxylic acids is 1. The third-order valence-corrected chi connectivity index (χ3v) is 4.94. The Morgan fingerprint density at radius 3 is 2.60 bits per heavy atom. The number of aryl methyl sites for hydroxylation is 1. The van der Waals surface area contributed by atoms with Gasteiger partial charge in [-0.2, -0.15) is 0 Å². The smallest absolute Gasteiger partial charge is 0.258 e. The van der Waals surface area contributed by atoms with Crippen molar-refractivity contribution in [2.75, 3.05) is 12.0 Å². The van der Waals surface area contributed by atoms with Crippen LogP contribution in [0.1, 0.15) is 21.5 Å². The zero-order chi connectivity index (χ0) is 21.1. The minimum atomic E-state index is -0.229. The van der Waals surface area contributed by atoms with Gasteiger partial charge in [-0.15, -0.1) is 0 Å². The normalized spacial score (nSPS) is 10.7. The average molecular weight is 399 g/mol. The summed E-state index contributed by atoms with van der Waals surface area (Å²) >= 11 is 0. The molecule has 1 amide bonds. The van der Waals surface area contributed by atoms with E-state index in [2.05, 4.69) is 9.97 Å². The number of methoxy groups -OCH3 is 1. The summed E-state index contributed by atoms with van der Waals surface area (Å²) in [5, 5.41) is 0.838. The molecule has 0 fully saturated rings. The molecule has 2 aromatic heterocycles. The number of pyridine rings is 2. The molecule has 4 rings (SSSR count). The van der Waals surface area contributed by atoms with E-state index in [4.69, 9.17) is 4.74 Å². The van der Waals surface area contributed by atoms with Crippen molar-refractivity contribution in [2.24, 2.45) is 0 Å². The molecular formula is C24H21N3O3. The average Bonchev–Trinajstić information content (AvgIpc) is 2.77. The number of amides is 1. The summed E-state index contributed by atoms with van der Waals surface area (Å²) in [7, 11) is 1.60. The minimum Gasteiger partial charge on any atom is -0.497 e. The zero-order valence-electron chi connectivity index (χ0n) is 16.8. The molecule has 30 heavy (non-hydrogen) atoms. The molecule has 0 aliphatic heterocycles. The summed E-state index contributed by atoms with van der Waals surface area (Å²) in [5.74, 6) is 0.497. The summed E-state index contributed by atoms with van der Waals surface area (Å²) < 4.78 is 5.29. The number of aromatic amines is 1. The van der Waals surface area contributed by atoms with Crippen molar-refractivity contribution >= 4 is 22.5 Å². The molecule has 0 unspecified atom stereocenters. The maximum absolute atomic E-state index is 13.3. The zero-order valence-corrected chi connectivity index (χ0v) is 16.8. The fraction of sp³-hybridized carbons (Fsp3) is 0.125. The van der Waals surface area contributed by atoms with Crippen LogP contribution in [0, 0.1) is 6.92 Å². The van der Waals surface area contributed by atoms with E-state index in [9.17, 15) is 9.59 Å². The Morgan fingerprint density at radius 1 is 1.07 bits per heavy atom. The van der Waals surface area contributed by atoms with E-state index in [1.54, 1.807) is 54.7 Å². The Balaban J connectivity index is 1.79. The predicted octanol–water partition coefficient (Wildman–Crippen LogP) is 4.09. The number of fused-ring (bicyclic) bond motifs is 1. The highest BCUT2D eigenvalue weighted by atomic mass is 16.5. The molecule has 0 spiro atoms. The molecule has 2 heterocycles. The fourth-order valence-corrected chi connectivity index (χ4v) is 3.37. The summed E-state index contributed by atoms with van der Waals surface area (Å²) in [4.78, 5) is 34.5. The lowest BCUT2D eigenvalue weighted by Gasteiger charge is -2.23. The van der Waals surface area contributed by atoms with Crippen LogP contribution in [0.2, 0.25) is 0 Å². The number of nitrogens with one attached hydrogen (secondary N) is 1. The van der Waals surface area contributed by atoms with E-state index in [-0.39, 0.29) is 18.0 Å². The SMILES string of the molecule is COc1ccc2[nH]c(=O)c(CN(C(=O)c3ccncc3)c3cccc(C)c3)cc2c1. The van der Waals surface area contributed by atoms with Gasteiger partial charge >= 0.3 is 0 Å². The summed E-state index contributed by atoms with van der Waals surface area (Å²) in [6.45, 7) is 2.10. The molecule has 1 N–H and O–H groups in total. The van der Waals surface area contributed by atoms with Crippen LogP contribution in [0.15, 0.2) is 77.9 Å². The van der Waals surface area contributed by atoms with Gasteiger partial charge in [0.1, 0.15) is 5.75 Å². The monoisotopic (exact) mass is 399 g/mol. The molecule has 0 saturated heterocycles. The van der Waals surface area contributed by atoms with E-state index >= 15 is 0 Å². The second kappa shape index (κ2) is 8.21. The Kier molecular flexibility index (Phi) is 5.30. The van der Waals surface area contributed by atoms with E-state index < -0.39 is 0 Å². The van der Waals surface area contributed by atoms with Crippen molar-refractivity contribution in [1.82, 2.24) is 9.97 Å². The number of carbonyl (C=O) groups is 1. The Labute approximate surface area is 173 Å². The van der Waals surface area contributed by atoms with Gasteiger partial charge in [0.15, 0.2) is 0 Å². The lowest BCUT2D eigenvalue weighted by molar-refractivity contribution is 0.0985. The van der Waals surface area contributed by atoms with E-state index in [1.165, 1.54) is 0 Å². The van der Waals surface area contributed by atoms with E-state index in [0.29, 0.717) is 22.4 Å². The topological polar surface area (TPSA) is 75.3 Å². The van der Waals surface area contributed by atoms with E-state index in [0.717, 1.165) is 16.6 Å². The highest BCUT2D eigenvalue weighted by Crippen LogP contribution is 2.23. The quantitative estimate of drug-likeness (QED) is 0.549. The number of anilines is 1. The number of hydrogen-bond acceptors (Lipinski definition) is 4. The van der Waals surface area contributed by atoms with Gasteiger partial charge in [0, 0.05) is 40.1 Å². The van der Waals surface area contributed by atoms with Gasteiger partial charge in [-0.25, -0.2) is 0 Å². The lowest BCUT2D eigenvalue weighted by Crippen LogP contribution is -2.33. The van der Waals surface area contributed by atoms with Crippen molar-refractivity contribution < 1.29 is 9.53 Å². The lowest BCUT2D eigenvalue weighted by atomic mass is 10.1. The number of ether oxygens (including phenoxy) is 1. The van der Waals surface area contributed by atoms with Crippen LogP contribution in [0.25, 0.3) is 10.9 Å². The number of hydrogen-bond donors (Lipinski definition) is 1. The molecule has 0 atom stereocenters. The third kappa shape index (κ3) is 3.93. The molecular weight excluding hydrogens is 378 g/mol. The van der Waals surface area contributed by atoms with Gasteiger partial charge in [-0.05, 0) is 61.0 Å². The van der Waals surface area contributed by atoms with Crippen LogP contribution in [0.3, 0.4) is 0 Å². The van der Waals surface area contributed by atoms with Gasteiger partial charge in [-0.1, -0.05) is 12.1 Å². The Hall–Kier alpha value is -3.93. The molecule has 6 nitrogen and oxygen atoms in total. The molecule has 0 saturated carbocycles. The van der Waals surface area contributed by atoms with Crippen LogP contribution in [-0.4, -0.2) is 23.0 Å². The highest BCUT2D eigenvalue weighted by molar-refractivity contribution is 6.06. The third-order valence-electron chi connectivity index (χ3n) is 4.94. The first-order chi connectivity index (χ1) is 14.5. The second-order valence-corrected chi connectivity index (χ2v) is 7.04.